The number of hydrogen-bond donors (Lipinski definition) is 0. The molecule has 6 heteroatoms. The normalized spacial score (nSPS) is 10.6. The zero-order chi connectivity index (χ0) is 15.1. The van der Waals surface area contributed by atoms with E-state index in [2.05, 4.69) is 22.1 Å². The van der Waals surface area contributed by atoms with Gasteiger partial charge in [-0.05, 0) is 18.6 Å². The van der Waals surface area contributed by atoms with Crippen molar-refractivity contribution in [3.8, 4) is 11.5 Å². The topological polar surface area (TPSA) is 72.1 Å². The summed E-state index contributed by atoms with van der Waals surface area (Å²) in [5.41, 5.74) is 0.780. The molecular weight excluding hydrogens is 268 g/mol. The molecule has 2 aromatic heterocycles. The highest BCUT2D eigenvalue weighted by molar-refractivity contribution is 5.75. The van der Waals surface area contributed by atoms with E-state index in [9.17, 15) is 4.79 Å². The first kappa shape index (κ1) is 15.2. The highest BCUT2D eigenvalue weighted by Crippen LogP contribution is 2.16. The molecule has 0 atom stereocenters. The van der Waals surface area contributed by atoms with Gasteiger partial charge in [0.15, 0.2) is 0 Å². The van der Waals surface area contributed by atoms with Crippen LogP contribution in [0.25, 0.3) is 11.5 Å². The summed E-state index contributed by atoms with van der Waals surface area (Å²) in [6.45, 7) is 2.90. The van der Waals surface area contributed by atoms with Gasteiger partial charge in [-0.25, -0.2) is 0 Å². The summed E-state index contributed by atoms with van der Waals surface area (Å²) in [6, 6.07) is 3.67. The van der Waals surface area contributed by atoms with E-state index in [4.69, 9.17) is 4.42 Å². The predicted molar refractivity (Wildman–Crippen MR) is 78.4 cm³/mol. The monoisotopic (exact) mass is 288 g/mol. The molecule has 0 aliphatic heterocycles. The first-order chi connectivity index (χ1) is 10.2. The minimum Gasteiger partial charge on any atom is -0.421 e. The second-order valence-corrected chi connectivity index (χ2v) is 4.91. The van der Waals surface area contributed by atoms with Crippen LogP contribution in [0.3, 0.4) is 0 Å². The van der Waals surface area contributed by atoms with Gasteiger partial charge >= 0.3 is 0 Å². The standard InChI is InChI=1S/C15H20N4O2/c1-3-4-10-19(2)14(20)8-7-13-17-18-15(21-13)12-6-5-9-16-11-12/h5-6,9,11H,3-4,7-8,10H2,1-2H3. The Labute approximate surface area is 124 Å². The van der Waals surface area contributed by atoms with Crippen LogP contribution in [0.15, 0.2) is 28.9 Å². The van der Waals surface area contributed by atoms with Crippen molar-refractivity contribution >= 4 is 5.91 Å². The molecule has 0 saturated heterocycles. The zero-order valence-corrected chi connectivity index (χ0v) is 12.5. The summed E-state index contributed by atoms with van der Waals surface area (Å²) in [4.78, 5) is 17.7. The van der Waals surface area contributed by atoms with Gasteiger partial charge in [-0.3, -0.25) is 9.78 Å². The van der Waals surface area contributed by atoms with Crippen molar-refractivity contribution in [2.24, 2.45) is 0 Å². The Bertz CT molecular complexity index is 568. The Hall–Kier alpha value is -2.24. The summed E-state index contributed by atoms with van der Waals surface area (Å²) in [7, 11) is 1.83. The number of aromatic nitrogens is 3. The van der Waals surface area contributed by atoms with Crippen LogP contribution >= 0.6 is 0 Å². The zero-order valence-electron chi connectivity index (χ0n) is 12.5. The molecule has 2 heterocycles. The minimum atomic E-state index is 0.101. The molecular formula is C15H20N4O2. The maximum Gasteiger partial charge on any atom is 0.249 e. The molecule has 2 aromatic rings. The molecule has 1 amide bonds. The maximum atomic E-state index is 11.9. The number of unbranched alkanes of at least 4 members (excludes halogenated alkanes) is 1. The van der Waals surface area contributed by atoms with Crippen LogP contribution in [0.4, 0.5) is 0 Å². The third kappa shape index (κ3) is 4.37. The van der Waals surface area contributed by atoms with Crippen molar-refractivity contribution in [2.75, 3.05) is 13.6 Å². The van der Waals surface area contributed by atoms with Crippen LogP contribution in [0.1, 0.15) is 32.1 Å². The second kappa shape index (κ2) is 7.52. The van der Waals surface area contributed by atoms with Gasteiger partial charge in [0.2, 0.25) is 17.7 Å². The Morgan fingerprint density at radius 1 is 1.38 bits per heavy atom. The Kier molecular flexibility index (Phi) is 5.43. The lowest BCUT2D eigenvalue weighted by molar-refractivity contribution is -0.130. The number of carbonyl (C=O) groups is 1. The number of rotatable bonds is 7. The average molecular weight is 288 g/mol. The Balaban J connectivity index is 1.87. The average Bonchev–Trinajstić information content (AvgIpc) is 3.00. The quantitative estimate of drug-likeness (QED) is 0.782. The lowest BCUT2D eigenvalue weighted by Crippen LogP contribution is -2.27. The van der Waals surface area contributed by atoms with Crippen LogP contribution in [0, 0.1) is 0 Å². The number of hydrogen-bond acceptors (Lipinski definition) is 5. The summed E-state index contributed by atoms with van der Waals surface area (Å²) in [5.74, 6) is 1.01. The minimum absolute atomic E-state index is 0.101. The lowest BCUT2D eigenvalue weighted by atomic mass is 10.2. The van der Waals surface area contributed by atoms with Gasteiger partial charge in [0, 0.05) is 38.8 Å². The SMILES string of the molecule is CCCCN(C)C(=O)CCc1nnc(-c2cccnc2)o1. The van der Waals surface area contributed by atoms with Gasteiger partial charge in [0.1, 0.15) is 0 Å². The molecule has 6 nitrogen and oxygen atoms in total. The van der Waals surface area contributed by atoms with E-state index in [1.54, 1.807) is 17.3 Å². The fourth-order valence-corrected chi connectivity index (χ4v) is 1.89. The van der Waals surface area contributed by atoms with Crippen LogP contribution in [0.2, 0.25) is 0 Å². The molecule has 0 N–H and O–H groups in total. The van der Waals surface area contributed by atoms with Gasteiger partial charge in [-0.1, -0.05) is 13.3 Å². The van der Waals surface area contributed by atoms with Crippen molar-refractivity contribution < 1.29 is 9.21 Å². The number of nitrogens with zero attached hydrogens (tertiary/aromatic N) is 4. The first-order valence-electron chi connectivity index (χ1n) is 7.17. The third-order valence-corrected chi connectivity index (χ3v) is 3.20. The molecule has 0 aliphatic rings. The van der Waals surface area contributed by atoms with Gasteiger partial charge in [-0.15, -0.1) is 10.2 Å². The molecule has 0 bridgehead atoms. The fraction of sp³-hybridized carbons (Fsp3) is 0.467. The molecule has 0 saturated carbocycles. The number of amides is 1. The van der Waals surface area contributed by atoms with Crippen LogP contribution < -0.4 is 0 Å². The molecule has 0 unspecified atom stereocenters. The highest BCUT2D eigenvalue weighted by Gasteiger charge is 2.12. The molecule has 0 spiro atoms. The van der Waals surface area contributed by atoms with Gasteiger partial charge in [-0.2, -0.15) is 0 Å². The van der Waals surface area contributed by atoms with E-state index in [1.165, 1.54) is 0 Å². The summed E-state index contributed by atoms with van der Waals surface area (Å²) in [6.07, 6.45) is 6.30. The second-order valence-electron chi connectivity index (χ2n) is 4.91. The van der Waals surface area contributed by atoms with Crippen molar-refractivity contribution in [2.45, 2.75) is 32.6 Å². The molecule has 0 aliphatic carbocycles. The predicted octanol–water partition coefficient (Wildman–Crippen LogP) is 2.32. The van der Waals surface area contributed by atoms with Crippen molar-refractivity contribution in [1.29, 1.82) is 0 Å². The Morgan fingerprint density at radius 2 is 2.24 bits per heavy atom. The van der Waals surface area contributed by atoms with E-state index in [1.807, 2.05) is 19.2 Å². The van der Waals surface area contributed by atoms with E-state index in [-0.39, 0.29) is 5.91 Å². The molecule has 2 rings (SSSR count). The maximum absolute atomic E-state index is 11.9. The van der Waals surface area contributed by atoms with E-state index < -0.39 is 0 Å². The van der Waals surface area contributed by atoms with Crippen LogP contribution in [-0.2, 0) is 11.2 Å². The molecule has 21 heavy (non-hydrogen) atoms. The molecule has 0 radical (unpaired) electrons. The number of aryl methyl sites for hydroxylation is 1. The van der Waals surface area contributed by atoms with E-state index >= 15 is 0 Å². The first-order valence-corrected chi connectivity index (χ1v) is 7.17. The summed E-state index contributed by atoms with van der Waals surface area (Å²) in [5, 5.41) is 7.95. The highest BCUT2D eigenvalue weighted by atomic mass is 16.4. The number of pyridine rings is 1. The van der Waals surface area contributed by atoms with Crippen LogP contribution in [-0.4, -0.2) is 39.6 Å². The lowest BCUT2D eigenvalue weighted by Gasteiger charge is -2.15. The van der Waals surface area contributed by atoms with Crippen molar-refractivity contribution in [3.05, 3.63) is 30.4 Å². The number of carbonyl (C=O) groups excluding carboxylic acids is 1. The largest absolute Gasteiger partial charge is 0.421 e. The molecule has 0 aromatic carbocycles. The van der Waals surface area contributed by atoms with E-state index in [0.29, 0.717) is 24.6 Å². The third-order valence-electron chi connectivity index (χ3n) is 3.20. The van der Waals surface area contributed by atoms with Crippen LogP contribution in [0.5, 0.6) is 0 Å². The molecule has 112 valence electrons. The summed E-state index contributed by atoms with van der Waals surface area (Å²) >= 11 is 0. The van der Waals surface area contributed by atoms with Crippen molar-refractivity contribution in [3.63, 3.8) is 0 Å². The van der Waals surface area contributed by atoms with Crippen molar-refractivity contribution in [1.82, 2.24) is 20.1 Å². The smallest absolute Gasteiger partial charge is 0.249 e. The molecule has 0 fully saturated rings. The fourth-order valence-electron chi connectivity index (χ4n) is 1.89. The van der Waals surface area contributed by atoms with Gasteiger partial charge in [0.25, 0.3) is 0 Å². The van der Waals surface area contributed by atoms with Gasteiger partial charge < -0.3 is 9.32 Å². The Morgan fingerprint density at radius 3 is 2.95 bits per heavy atom. The summed E-state index contributed by atoms with van der Waals surface area (Å²) < 4.78 is 5.55. The van der Waals surface area contributed by atoms with Gasteiger partial charge in [0.05, 0.1) is 5.56 Å². The van der Waals surface area contributed by atoms with E-state index in [0.717, 1.165) is 24.9 Å².